The number of carbonyl (C=O) groups excluding carboxylic acids is 3. The Morgan fingerprint density at radius 2 is 0.500 bits per heavy atom. The van der Waals surface area contributed by atoms with Crippen molar-refractivity contribution in [2.24, 2.45) is 0 Å². The second kappa shape index (κ2) is 66.4. The van der Waals surface area contributed by atoms with Gasteiger partial charge in [0, 0.05) is 19.3 Å². The first-order chi connectivity index (χ1) is 38.5. The van der Waals surface area contributed by atoms with Crippen LogP contribution in [0.1, 0.15) is 348 Å². The molecule has 1 atom stereocenters. The number of carbonyl (C=O) groups is 3. The van der Waals surface area contributed by atoms with E-state index in [-0.39, 0.29) is 31.1 Å². The van der Waals surface area contributed by atoms with Crippen LogP contribution in [-0.2, 0) is 28.6 Å². The van der Waals surface area contributed by atoms with Crippen LogP contribution in [0, 0.1) is 0 Å². The van der Waals surface area contributed by atoms with E-state index in [9.17, 15) is 14.4 Å². The van der Waals surface area contributed by atoms with Gasteiger partial charge in [-0.3, -0.25) is 14.4 Å². The van der Waals surface area contributed by atoms with Gasteiger partial charge >= 0.3 is 17.9 Å². The number of hydrogen-bond donors (Lipinski definition) is 0. The zero-order valence-corrected chi connectivity index (χ0v) is 51.9. The fourth-order valence-corrected chi connectivity index (χ4v) is 9.92. The molecular weight excluding hydrogens is 961 g/mol. The molecule has 0 amide bonds. The van der Waals surface area contributed by atoms with Gasteiger partial charge in [0.05, 0.1) is 0 Å². The van der Waals surface area contributed by atoms with Gasteiger partial charge in [0.25, 0.3) is 0 Å². The predicted octanol–water partition coefficient (Wildman–Crippen LogP) is 23.3. The standard InChI is InChI=1S/C72H128O6/c1-4-7-10-13-16-19-22-24-26-28-30-32-33-34-35-36-37-38-39-41-42-44-46-48-50-53-56-59-62-65-71(74)77-68-69(67-76-70(73)64-61-58-55-52-21-18-15-12-9-6-3)78-72(75)66-63-60-57-54-51-49-47-45-43-40-31-29-27-25-23-20-17-14-11-8-5-2/h7,10,16,19,24,26,30,32,34-35,37-38,69H,4-6,8-9,11-15,17-18,20-23,25,27-29,31,33,36,39-68H2,1-3H3/b10-7-,19-16-,26-24-,32-30-,35-34-,38-37-. The monoisotopic (exact) mass is 1090 g/mol. The molecule has 0 aromatic heterocycles. The van der Waals surface area contributed by atoms with Crippen molar-refractivity contribution in [3.8, 4) is 0 Å². The van der Waals surface area contributed by atoms with E-state index < -0.39 is 6.10 Å². The molecule has 0 aromatic rings. The van der Waals surface area contributed by atoms with Crippen LogP contribution in [0.25, 0.3) is 0 Å². The van der Waals surface area contributed by atoms with Gasteiger partial charge in [0.1, 0.15) is 13.2 Å². The van der Waals surface area contributed by atoms with Crippen molar-refractivity contribution in [3.63, 3.8) is 0 Å². The quantitative estimate of drug-likeness (QED) is 0.0261. The third-order valence-electron chi connectivity index (χ3n) is 15.0. The van der Waals surface area contributed by atoms with Crippen molar-refractivity contribution >= 4 is 17.9 Å². The molecule has 0 fully saturated rings. The Hall–Kier alpha value is -3.15. The molecule has 1 unspecified atom stereocenters. The third-order valence-corrected chi connectivity index (χ3v) is 15.0. The van der Waals surface area contributed by atoms with Crippen molar-refractivity contribution in [2.45, 2.75) is 354 Å². The molecule has 0 aliphatic heterocycles. The van der Waals surface area contributed by atoms with Crippen LogP contribution < -0.4 is 0 Å². The fraction of sp³-hybridized carbons (Fsp3) is 0.792. The molecule has 0 heterocycles. The first kappa shape index (κ1) is 74.8. The largest absolute Gasteiger partial charge is 0.462 e. The molecule has 0 aromatic carbocycles. The van der Waals surface area contributed by atoms with Gasteiger partial charge < -0.3 is 14.2 Å². The minimum atomic E-state index is -0.773. The Morgan fingerprint density at radius 3 is 0.782 bits per heavy atom. The molecule has 6 heteroatoms. The van der Waals surface area contributed by atoms with E-state index in [1.54, 1.807) is 0 Å². The van der Waals surface area contributed by atoms with Crippen LogP contribution in [0.2, 0.25) is 0 Å². The average molecular weight is 1090 g/mol. The zero-order valence-electron chi connectivity index (χ0n) is 51.9. The molecule has 0 radical (unpaired) electrons. The van der Waals surface area contributed by atoms with Crippen molar-refractivity contribution in [1.82, 2.24) is 0 Å². The predicted molar refractivity (Wildman–Crippen MR) is 339 cm³/mol. The maximum absolute atomic E-state index is 12.9. The van der Waals surface area contributed by atoms with Crippen LogP contribution in [0.15, 0.2) is 72.9 Å². The topological polar surface area (TPSA) is 78.9 Å². The molecule has 78 heavy (non-hydrogen) atoms. The highest BCUT2D eigenvalue weighted by atomic mass is 16.6. The molecule has 0 N–H and O–H groups in total. The van der Waals surface area contributed by atoms with Crippen LogP contribution >= 0.6 is 0 Å². The summed E-state index contributed by atoms with van der Waals surface area (Å²) < 4.78 is 16.9. The van der Waals surface area contributed by atoms with Gasteiger partial charge in [0.2, 0.25) is 0 Å². The number of ether oxygens (including phenoxy) is 3. The lowest BCUT2D eigenvalue weighted by Gasteiger charge is -2.18. The van der Waals surface area contributed by atoms with E-state index in [1.165, 1.54) is 212 Å². The van der Waals surface area contributed by atoms with Gasteiger partial charge in [-0.2, -0.15) is 0 Å². The molecule has 0 aliphatic rings. The van der Waals surface area contributed by atoms with Gasteiger partial charge in [-0.15, -0.1) is 0 Å². The molecule has 452 valence electrons. The highest BCUT2D eigenvalue weighted by Crippen LogP contribution is 2.18. The number of hydrogen-bond acceptors (Lipinski definition) is 6. The molecule has 0 rings (SSSR count). The molecule has 0 bridgehead atoms. The van der Waals surface area contributed by atoms with Gasteiger partial charge in [0.15, 0.2) is 6.10 Å². The lowest BCUT2D eigenvalue weighted by molar-refractivity contribution is -0.167. The van der Waals surface area contributed by atoms with Crippen LogP contribution in [0.3, 0.4) is 0 Å². The third kappa shape index (κ3) is 63.7. The summed E-state index contributed by atoms with van der Waals surface area (Å²) in [7, 11) is 0. The highest BCUT2D eigenvalue weighted by molar-refractivity contribution is 5.71. The summed E-state index contributed by atoms with van der Waals surface area (Å²) in [6.07, 6.45) is 86.4. The summed E-state index contributed by atoms with van der Waals surface area (Å²) >= 11 is 0. The summed E-state index contributed by atoms with van der Waals surface area (Å²) in [5, 5.41) is 0. The second-order valence-electron chi connectivity index (χ2n) is 22.7. The van der Waals surface area contributed by atoms with E-state index in [0.29, 0.717) is 19.3 Å². The van der Waals surface area contributed by atoms with Gasteiger partial charge in [-0.1, -0.05) is 331 Å². The summed E-state index contributed by atoms with van der Waals surface area (Å²) in [5.74, 6) is -0.857. The van der Waals surface area contributed by atoms with E-state index in [0.717, 1.165) is 96.3 Å². The summed E-state index contributed by atoms with van der Waals surface area (Å²) in [6, 6.07) is 0. The van der Waals surface area contributed by atoms with Crippen LogP contribution in [0.5, 0.6) is 0 Å². The fourth-order valence-electron chi connectivity index (χ4n) is 9.92. The summed E-state index contributed by atoms with van der Waals surface area (Å²) in [6.45, 7) is 6.56. The number of allylic oxidation sites excluding steroid dienone is 12. The van der Waals surface area contributed by atoms with Crippen molar-refractivity contribution in [1.29, 1.82) is 0 Å². The minimum Gasteiger partial charge on any atom is -0.462 e. The van der Waals surface area contributed by atoms with E-state index in [4.69, 9.17) is 14.2 Å². The van der Waals surface area contributed by atoms with Crippen LogP contribution in [-0.4, -0.2) is 37.2 Å². The molecule has 0 spiro atoms. The van der Waals surface area contributed by atoms with Gasteiger partial charge in [-0.25, -0.2) is 0 Å². The molecule has 6 nitrogen and oxygen atoms in total. The lowest BCUT2D eigenvalue weighted by atomic mass is 10.0. The molecule has 0 saturated heterocycles. The summed E-state index contributed by atoms with van der Waals surface area (Å²) in [4.78, 5) is 38.3. The van der Waals surface area contributed by atoms with Crippen molar-refractivity contribution in [3.05, 3.63) is 72.9 Å². The average Bonchev–Trinajstić information content (AvgIpc) is 3.44. The number of rotatable bonds is 62. The van der Waals surface area contributed by atoms with Crippen molar-refractivity contribution in [2.75, 3.05) is 13.2 Å². The molecular formula is C72H128O6. The lowest BCUT2D eigenvalue weighted by Crippen LogP contribution is -2.30. The second-order valence-corrected chi connectivity index (χ2v) is 22.7. The Kier molecular flexibility index (Phi) is 63.7. The minimum absolute atomic E-state index is 0.0710. The normalized spacial score (nSPS) is 12.5. The van der Waals surface area contributed by atoms with E-state index in [2.05, 4.69) is 93.7 Å². The van der Waals surface area contributed by atoms with Crippen molar-refractivity contribution < 1.29 is 28.6 Å². The Morgan fingerprint density at radius 1 is 0.269 bits per heavy atom. The van der Waals surface area contributed by atoms with E-state index >= 15 is 0 Å². The van der Waals surface area contributed by atoms with E-state index in [1.807, 2.05) is 0 Å². The zero-order chi connectivity index (χ0) is 56.4. The molecule has 0 saturated carbocycles. The Labute approximate surface area is 484 Å². The van der Waals surface area contributed by atoms with Gasteiger partial charge in [-0.05, 0) is 70.6 Å². The number of esters is 3. The maximum Gasteiger partial charge on any atom is 0.306 e. The Bertz CT molecular complexity index is 1440. The van der Waals surface area contributed by atoms with Crippen LogP contribution in [0.4, 0.5) is 0 Å². The summed E-state index contributed by atoms with van der Waals surface area (Å²) in [5.41, 5.74) is 0. The molecule has 0 aliphatic carbocycles. The Balaban J connectivity index is 4.19. The maximum atomic E-state index is 12.9. The first-order valence-corrected chi connectivity index (χ1v) is 33.9. The smallest absolute Gasteiger partial charge is 0.306 e. The number of unbranched alkanes of at least 4 members (excludes halogenated alkanes) is 39. The highest BCUT2D eigenvalue weighted by Gasteiger charge is 2.19. The SMILES string of the molecule is CC/C=C\C/C=C\C/C=C\C/C=C\C/C=C\C/C=C\CCCCCCCCCCCCC(=O)OCC(COC(=O)CCCCCCCCCCCC)OC(=O)CCCCCCCCCCCCCCCCCCCCCCC. The first-order valence-electron chi connectivity index (χ1n) is 33.9.